The van der Waals surface area contributed by atoms with Crippen LogP contribution in [0.15, 0.2) is 53.9 Å². The normalized spacial score (nSPS) is 14.8. The quantitative estimate of drug-likeness (QED) is 0.273. The molecule has 0 saturated carbocycles. The third kappa shape index (κ3) is 6.35. The Kier molecular flexibility index (Phi) is 8.66. The van der Waals surface area contributed by atoms with Crippen molar-refractivity contribution in [3.63, 3.8) is 0 Å². The van der Waals surface area contributed by atoms with E-state index in [2.05, 4.69) is 25.2 Å². The van der Waals surface area contributed by atoms with Gasteiger partial charge in [-0.15, -0.1) is 0 Å². The number of anilines is 2. The van der Waals surface area contributed by atoms with Crippen LogP contribution in [-0.2, 0) is 24.5 Å². The lowest BCUT2D eigenvalue weighted by Crippen LogP contribution is -2.37. The van der Waals surface area contributed by atoms with Crippen molar-refractivity contribution in [1.29, 1.82) is 0 Å². The smallest absolute Gasteiger partial charge is 0.417 e. The zero-order valence-electron chi connectivity index (χ0n) is 22.6. The van der Waals surface area contributed by atoms with Gasteiger partial charge in [-0.3, -0.25) is 14.7 Å². The Balaban J connectivity index is 1.43. The fourth-order valence-corrected chi connectivity index (χ4v) is 4.85. The summed E-state index contributed by atoms with van der Waals surface area (Å²) in [5.74, 6) is 0.451. The first-order valence-corrected chi connectivity index (χ1v) is 13.4. The summed E-state index contributed by atoms with van der Waals surface area (Å²) in [5, 5.41) is 2.89. The van der Waals surface area contributed by atoms with Crippen LogP contribution >= 0.6 is 11.6 Å². The van der Waals surface area contributed by atoms with Crippen LogP contribution in [0.3, 0.4) is 0 Å². The summed E-state index contributed by atoms with van der Waals surface area (Å²) in [6.45, 7) is 3.45. The minimum Gasteiger partial charge on any atom is -0.450 e. The fourth-order valence-electron chi connectivity index (χ4n) is 4.55. The molecule has 0 unspecified atom stereocenters. The van der Waals surface area contributed by atoms with E-state index in [1.54, 1.807) is 31.4 Å². The topological polar surface area (TPSA) is 125 Å². The molecule has 1 aliphatic rings. The molecule has 222 valence electrons. The third-order valence-electron chi connectivity index (χ3n) is 6.73. The lowest BCUT2D eigenvalue weighted by atomic mass is 10.2. The Morgan fingerprint density at radius 3 is 2.71 bits per heavy atom. The molecule has 1 aliphatic heterocycles. The number of nitrogens with one attached hydrogen (secondary N) is 1. The van der Waals surface area contributed by atoms with E-state index >= 15 is 0 Å². The fraction of sp³-hybridized carbons (Fsp3) is 0.333. The lowest BCUT2D eigenvalue weighted by molar-refractivity contribution is -0.138. The van der Waals surface area contributed by atoms with E-state index in [0.717, 1.165) is 29.9 Å². The Bertz CT molecular complexity index is 1650. The second-order valence-electron chi connectivity index (χ2n) is 9.52. The average molecular weight is 605 g/mol. The number of hydrogen-bond acceptors (Lipinski definition) is 9. The summed E-state index contributed by atoms with van der Waals surface area (Å²) in [6, 6.07) is 5.99. The first kappa shape index (κ1) is 29.4. The van der Waals surface area contributed by atoms with Gasteiger partial charge in [-0.2, -0.15) is 18.2 Å². The van der Waals surface area contributed by atoms with E-state index in [0.29, 0.717) is 37.4 Å². The van der Waals surface area contributed by atoms with Gasteiger partial charge in [-0.25, -0.2) is 4.98 Å². The van der Waals surface area contributed by atoms with Gasteiger partial charge >= 0.3 is 6.18 Å². The highest BCUT2D eigenvalue weighted by molar-refractivity contribution is 6.36. The average Bonchev–Trinajstić information content (AvgIpc) is 3.30. The molecule has 42 heavy (non-hydrogen) atoms. The second kappa shape index (κ2) is 12.4. The van der Waals surface area contributed by atoms with Crippen molar-refractivity contribution in [3.05, 3.63) is 75.7 Å². The molecule has 0 aromatic carbocycles. The van der Waals surface area contributed by atoms with Gasteiger partial charge < -0.3 is 29.7 Å². The Labute approximate surface area is 243 Å². The van der Waals surface area contributed by atoms with E-state index in [1.165, 1.54) is 17.0 Å². The first-order valence-electron chi connectivity index (χ1n) is 13.1. The maximum Gasteiger partial charge on any atom is 0.417 e. The van der Waals surface area contributed by atoms with Crippen molar-refractivity contribution < 1.29 is 22.6 Å². The van der Waals surface area contributed by atoms with E-state index in [9.17, 15) is 18.0 Å². The molecule has 5 heterocycles. The number of halogens is 4. The van der Waals surface area contributed by atoms with Crippen molar-refractivity contribution in [1.82, 2.24) is 29.0 Å². The van der Waals surface area contributed by atoms with E-state index in [4.69, 9.17) is 26.8 Å². The van der Waals surface area contributed by atoms with Gasteiger partial charge in [0.25, 0.3) is 5.56 Å². The molecule has 0 radical (unpaired) electrons. The largest absolute Gasteiger partial charge is 0.450 e. The number of imidazole rings is 1. The molecular formula is C27H28ClF3N8O3. The van der Waals surface area contributed by atoms with Gasteiger partial charge in [-0.1, -0.05) is 17.7 Å². The number of fused-ring (bicyclic) bond motifs is 1. The molecule has 0 amide bonds. The maximum absolute atomic E-state index is 13.8. The Morgan fingerprint density at radius 1 is 1.24 bits per heavy atom. The number of aryl methyl sites for hydroxylation is 2. The third-order valence-corrected chi connectivity index (χ3v) is 7.10. The van der Waals surface area contributed by atoms with Crippen molar-refractivity contribution in [3.8, 4) is 5.75 Å². The number of alkyl halides is 3. The second-order valence-corrected chi connectivity index (χ2v) is 9.90. The standard InChI is InChI=1S/C27H28ClF3N8O3/c1-37-23-22(28)21(42-20(14-32)18-5-2-3-6-33-18)15-34-24(23)36-26(37)35-19-13-17(27(29,30)31)16-39(25(19)40)8-4-7-38-9-11-41-12-10-38/h2-3,5-6,13-16H,4,7-12,32H2,1H3,(H,34,35,36)/b20-14+. The number of pyridine rings is 3. The summed E-state index contributed by atoms with van der Waals surface area (Å²) in [6.07, 6.45) is 0.830. The van der Waals surface area contributed by atoms with Crippen molar-refractivity contribution in [2.45, 2.75) is 19.1 Å². The molecule has 0 spiro atoms. The van der Waals surface area contributed by atoms with Crippen LogP contribution in [0.2, 0.25) is 5.02 Å². The first-order chi connectivity index (χ1) is 20.2. The van der Waals surface area contributed by atoms with Gasteiger partial charge in [-0.05, 0) is 24.6 Å². The molecule has 1 saturated heterocycles. The Hall–Kier alpha value is -4.14. The molecule has 3 N–H and O–H groups in total. The minimum absolute atomic E-state index is 0.0622. The number of nitrogens with two attached hydrogens (primary N) is 1. The summed E-state index contributed by atoms with van der Waals surface area (Å²) in [4.78, 5) is 28.2. The van der Waals surface area contributed by atoms with Gasteiger partial charge in [0, 0.05) is 51.8 Å². The van der Waals surface area contributed by atoms with Crippen LogP contribution in [0.25, 0.3) is 16.9 Å². The zero-order valence-corrected chi connectivity index (χ0v) is 23.3. The number of morpholine rings is 1. The summed E-state index contributed by atoms with van der Waals surface area (Å²) in [7, 11) is 1.59. The van der Waals surface area contributed by atoms with Crippen LogP contribution in [0, 0.1) is 0 Å². The van der Waals surface area contributed by atoms with Gasteiger partial charge in [0.1, 0.15) is 21.9 Å². The van der Waals surface area contributed by atoms with Gasteiger partial charge in [0.15, 0.2) is 17.2 Å². The molecule has 15 heteroatoms. The molecule has 0 aliphatic carbocycles. The van der Waals surface area contributed by atoms with Crippen molar-refractivity contribution >= 4 is 40.2 Å². The van der Waals surface area contributed by atoms with Crippen LogP contribution in [0.4, 0.5) is 24.8 Å². The number of hydrogen-bond donors (Lipinski definition) is 2. The van der Waals surface area contributed by atoms with Crippen LogP contribution in [-0.4, -0.2) is 61.8 Å². The molecule has 4 aromatic heterocycles. The van der Waals surface area contributed by atoms with Crippen LogP contribution < -0.4 is 21.3 Å². The monoisotopic (exact) mass is 604 g/mol. The number of aromatic nitrogens is 5. The Morgan fingerprint density at radius 2 is 2.02 bits per heavy atom. The van der Waals surface area contributed by atoms with Gasteiger partial charge in [0.05, 0.1) is 25.0 Å². The molecule has 1 fully saturated rings. The summed E-state index contributed by atoms with van der Waals surface area (Å²) < 4.78 is 55.1. The minimum atomic E-state index is -4.67. The van der Waals surface area contributed by atoms with Crippen LogP contribution in [0.5, 0.6) is 5.75 Å². The van der Waals surface area contributed by atoms with Crippen molar-refractivity contribution in [2.24, 2.45) is 12.8 Å². The van der Waals surface area contributed by atoms with Crippen LogP contribution in [0.1, 0.15) is 17.7 Å². The zero-order chi connectivity index (χ0) is 29.9. The highest BCUT2D eigenvalue weighted by atomic mass is 35.5. The van der Waals surface area contributed by atoms with Crippen molar-refractivity contribution in [2.75, 3.05) is 38.2 Å². The highest BCUT2D eigenvalue weighted by Gasteiger charge is 2.32. The summed E-state index contributed by atoms with van der Waals surface area (Å²) in [5.41, 5.74) is 4.85. The SMILES string of the molecule is Cn1c(Nc2cc(C(F)(F)F)cn(CCCN3CCOCC3)c2=O)nc2ncc(O/C(=C/N)c3ccccn3)c(Cl)c21. The van der Waals surface area contributed by atoms with E-state index in [-0.39, 0.29) is 40.4 Å². The number of ether oxygens (including phenoxy) is 2. The summed E-state index contributed by atoms with van der Waals surface area (Å²) >= 11 is 6.65. The molecule has 0 bridgehead atoms. The number of nitrogens with zero attached hydrogens (tertiary/aromatic N) is 6. The van der Waals surface area contributed by atoms with E-state index in [1.807, 2.05) is 0 Å². The van der Waals surface area contributed by atoms with E-state index < -0.39 is 17.3 Å². The predicted octanol–water partition coefficient (Wildman–Crippen LogP) is 4.00. The van der Waals surface area contributed by atoms with Gasteiger partial charge in [0.2, 0.25) is 5.95 Å². The number of rotatable bonds is 9. The molecule has 4 aromatic rings. The highest BCUT2D eigenvalue weighted by Crippen LogP contribution is 2.35. The molecule has 0 atom stereocenters. The predicted molar refractivity (Wildman–Crippen MR) is 151 cm³/mol. The molecular weight excluding hydrogens is 577 g/mol. The molecule has 11 nitrogen and oxygen atoms in total. The maximum atomic E-state index is 13.8. The lowest BCUT2D eigenvalue weighted by Gasteiger charge is -2.26. The molecule has 5 rings (SSSR count).